The first-order chi connectivity index (χ1) is 9.72. The van der Waals surface area contributed by atoms with Gasteiger partial charge < -0.3 is 0 Å². The molecule has 4 nitrogen and oxygen atoms in total. The lowest BCUT2D eigenvalue weighted by Gasteiger charge is -2.27. The van der Waals surface area contributed by atoms with Crippen LogP contribution in [-0.2, 0) is 17.8 Å². The molecule has 0 unspecified atom stereocenters. The number of nitrogens with one attached hydrogen (secondary N) is 1. The maximum absolute atomic E-state index is 11.2. The van der Waals surface area contributed by atoms with Gasteiger partial charge in [0.2, 0.25) is 5.91 Å². The molecule has 1 aromatic rings. The number of hydrazine groups is 1. The summed E-state index contributed by atoms with van der Waals surface area (Å²) in [5, 5.41) is 0. The quantitative estimate of drug-likeness (QED) is 0.474. The van der Waals surface area contributed by atoms with E-state index >= 15 is 0 Å². The summed E-state index contributed by atoms with van der Waals surface area (Å²) in [6.45, 7) is 4.34. The molecule has 0 aromatic heterocycles. The van der Waals surface area contributed by atoms with E-state index in [1.165, 1.54) is 31.2 Å². The van der Waals surface area contributed by atoms with Crippen LogP contribution in [0, 0.1) is 0 Å². The van der Waals surface area contributed by atoms with Crippen LogP contribution in [0.1, 0.15) is 43.7 Å². The van der Waals surface area contributed by atoms with Crippen LogP contribution in [-0.4, -0.2) is 23.4 Å². The van der Waals surface area contributed by atoms with Crippen molar-refractivity contribution in [3.8, 4) is 0 Å². The number of hydrogen-bond acceptors (Lipinski definition) is 3. The van der Waals surface area contributed by atoms with Gasteiger partial charge in [0.15, 0.2) is 0 Å². The molecule has 1 aliphatic carbocycles. The first-order valence-electron chi connectivity index (χ1n) is 7.54. The zero-order valence-corrected chi connectivity index (χ0v) is 12.3. The van der Waals surface area contributed by atoms with E-state index in [0.717, 1.165) is 24.7 Å². The Morgan fingerprint density at radius 3 is 2.40 bits per heavy atom. The van der Waals surface area contributed by atoms with Crippen LogP contribution in [0.15, 0.2) is 24.3 Å². The second kappa shape index (κ2) is 7.41. The molecule has 1 aliphatic rings. The lowest BCUT2D eigenvalue weighted by Crippen LogP contribution is -2.32. The third-order valence-electron chi connectivity index (χ3n) is 4.18. The first kappa shape index (κ1) is 15.0. The number of rotatable bonds is 6. The van der Waals surface area contributed by atoms with Crippen molar-refractivity contribution in [1.29, 1.82) is 0 Å². The summed E-state index contributed by atoms with van der Waals surface area (Å²) in [7, 11) is 0. The molecule has 1 amide bonds. The van der Waals surface area contributed by atoms with Crippen LogP contribution in [0.25, 0.3) is 0 Å². The van der Waals surface area contributed by atoms with E-state index in [1.54, 1.807) is 0 Å². The molecule has 0 radical (unpaired) electrons. The Bertz CT molecular complexity index is 424. The lowest BCUT2D eigenvalue weighted by molar-refractivity contribution is -0.120. The zero-order chi connectivity index (χ0) is 14.4. The Balaban J connectivity index is 1.93. The van der Waals surface area contributed by atoms with Gasteiger partial charge in [0.05, 0.1) is 6.42 Å². The van der Waals surface area contributed by atoms with Crippen LogP contribution < -0.4 is 11.3 Å². The van der Waals surface area contributed by atoms with E-state index < -0.39 is 0 Å². The third-order valence-corrected chi connectivity index (χ3v) is 4.18. The van der Waals surface area contributed by atoms with Crippen molar-refractivity contribution in [3.63, 3.8) is 0 Å². The van der Waals surface area contributed by atoms with Crippen LogP contribution in [0.2, 0.25) is 0 Å². The second-order valence-corrected chi connectivity index (χ2v) is 5.56. The minimum atomic E-state index is -0.154. The van der Waals surface area contributed by atoms with Gasteiger partial charge in [0.1, 0.15) is 0 Å². The first-order valence-corrected chi connectivity index (χ1v) is 7.54. The number of carbonyl (C=O) groups is 1. The average molecular weight is 275 g/mol. The van der Waals surface area contributed by atoms with Gasteiger partial charge >= 0.3 is 0 Å². The SMILES string of the molecule is CCN(Cc1ccc(CC(=O)NN)cc1)C1CCCC1. The number of benzene rings is 1. The number of hydrogen-bond donors (Lipinski definition) is 2. The van der Waals surface area contributed by atoms with Gasteiger partial charge in [-0.05, 0) is 30.5 Å². The van der Waals surface area contributed by atoms with E-state index in [0.29, 0.717) is 6.42 Å². The maximum atomic E-state index is 11.2. The van der Waals surface area contributed by atoms with Crippen molar-refractivity contribution in [1.82, 2.24) is 10.3 Å². The Morgan fingerprint density at radius 1 is 1.25 bits per heavy atom. The summed E-state index contributed by atoms with van der Waals surface area (Å²) in [5.41, 5.74) is 4.48. The Labute approximate surface area is 121 Å². The maximum Gasteiger partial charge on any atom is 0.238 e. The fraction of sp³-hybridized carbons (Fsp3) is 0.562. The molecule has 2 rings (SSSR count). The Hall–Kier alpha value is -1.39. The standard InChI is InChI=1S/C16H25N3O/c1-2-19(15-5-3-4-6-15)12-14-9-7-13(8-10-14)11-16(20)18-17/h7-10,15H,2-6,11-12,17H2,1H3,(H,18,20). The number of nitrogens with two attached hydrogens (primary N) is 1. The number of nitrogens with zero attached hydrogens (tertiary/aromatic N) is 1. The van der Waals surface area contributed by atoms with Crippen molar-refractivity contribution in [2.45, 2.75) is 51.6 Å². The third kappa shape index (κ3) is 4.05. The molecule has 0 saturated heterocycles. The van der Waals surface area contributed by atoms with Gasteiger partial charge in [0.25, 0.3) is 0 Å². The highest BCUT2D eigenvalue weighted by atomic mass is 16.2. The highest BCUT2D eigenvalue weighted by Crippen LogP contribution is 2.24. The predicted octanol–water partition coefficient (Wildman–Crippen LogP) is 1.98. The fourth-order valence-electron chi connectivity index (χ4n) is 3.00. The van der Waals surface area contributed by atoms with E-state index in [-0.39, 0.29) is 5.91 Å². The highest BCUT2D eigenvalue weighted by Gasteiger charge is 2.21. The summed E-state index contributed by atoms with van der Waals surface area (Å²) in [6.07, 6.45) is 5.75. The average Bonchev–Trinajstić information content (AvgIpc) is 3.00. The van der Waals surface area contributed by atoms with Crippen molar-refractivity contribution in [3.05, 3.63) is 35.4 Å². The van der Waals surface area contributed by atoms with Gasteiger partial charge in [-0.25, -0.2) is 5.84 Å². The molecule has 3 N–H and O–H groups in total. The number of carbonyl (C=O) groups excluding carboxylic acids is 1. The molecule has 110 valence electrons. The van der Waals surface area contributed by atoms with Crippen molar-refractivity contribution >= 4 is 5.91 Å². The summed E-state index contributed by atoms with van der Waals surface area (Å²) in [6, 6.07) is 9.04. The molecule has 0 bridgehead atoms. The largest absolute Gasteiger partial charge is 0.296 e. The second-order valence-electron chi connectivity index (χ2n) is 5.56. The normalized spacial score (nSPS) is 15.8. The molecule has 0 heterocycles. The van der Waals surface area contributed by atoms with Gasteiger partial charge in [0, 0.05) is 12.6 Å². The van der Waals surface area contributed by atoms with Crippen molar-refractivity contribution in [2.24, 2.45) is 5.84 Å². The van der Waals surface area contributed by atoms with Gasteiger partial charge in [-0.15, -0.1) is 0 Å². The molecular weight excluding hydrogens is 250 g/mol. The zero-order valence-electron chi connectivity index (χ0n) is 12.3. The lowest BCUT2D eigenvalue weighted by atomic mass is 10.1. The Morgan fingerprint density at radius 2 is 1.85 bits per heavy atom. The molecule has 20 heavy (non-hydrogen) atoms. The van der Waals surface area contributed by atoms with Crippen molar-refractivity contribution in [2.75, 3.05) is 6.54 Å². The molecule has 1 aromatic carbocycles. The Kier molecular flexibility index (Phi) is 5.56. The fourth-order valence-corrected chi connectivity index (χ4v) is 3.00. The topological polar surface area (TPSA) is 58.4 Å². The highest BCUT2D eigenvalue weighted by molar-refractivity contribution is 5.77. The van der Waals surface area contributed by atoms with Crippen LogP contribution in [0.4, 0.5) is 0 Å². The summed E-state index contributed by atoms with van der Waals surface area (Å²) in [5.74, 6) is 4.94. The summed E-state index contributed by atoms with van der Waals surface area (Å²) < 4.78 is 0. The minimum absolute atomic E-state index is 0.154. The smallest absolute Gasteiger partial charge is 0.238 e. The predicted molar refractivity (Wildman–Crippen MR) is 80.8 cm³/mol. The molecule has 4 heteroatoms. The minimum Gasteiger partial charge on any atom is -0.296 e. The molecule has 0 aliphatic heterocycles. The summed E-state index contributed by atoms with van der Waals surface area (Å²) >= 11 is 0. The van der Waals surface area contributed by atoms with Crippen LogP contribution >= 0.6 is 0 Å². The molecule has 1 fully saturated rings. The van der Waals surface area contributed by atoms with Crippen LogP contribution in [0.3, 0.4) is 0 Å². The molecular formula is C16H25N3O. The molecule has 1 saturated carbocycles. The van der Waals surface area contributed by atoms with E-state index in [2.05, 4.69) is 29.4 Å². The van der Waals surface area contributed by atoms with E-state index in [1.807, 2.05) is 12.1 Å². The van der Waals surface area contributed by atoms with Gasteiger partial charge in [-0.2, -0.15) is 0 Å². The van der Waals surface area contributed by atoms with Gasteiger partial charge in [-0.1, -0.05) is 44.0 Å². The van der Waals surface area contributed by atoms with Crippen LogP contribution in [0.5, 0.6) is 0 Å². The van der Waals surface area contributed by atoms with E-state index in [4.69, 9.17) is 5.84 Å². The molecule has 0 atom stereocenters. The van der Waals surface area contributed by atoms with Gasteiger partial charge in [-0.3, -0.25) is 15.1 Å². The molecule has 0 spiro atoms. The van der Waals surface area contributed by atoms with E-state index in [9.17, 15) is 4.79 Å². The van der Waals surface area contributed by atoms with Crippen molar-refractivity contribution < 1.29 is 4.79 Å². The summed E-state index contributed by atoms with van der Waals surface area (Å²) in [4.78, 5) is 13.8. The number of amides is 1. The monoisotopic (exact) mass is 275 g/mol.